The first-order valence-electron chi connectivity index (χ1n) is 12.6. The number of halogens is 2. The second-order valence-corrected chi connectivity index (χ2v) is 10.1. The first-order chi connectivity index (χ1) is 14.1. The maximum atomic E-state index is 13.4. The summed E-state index contributed by atoms with van der Waals surface area (Å²) in [7, 11) is 0. The largest absolute Gasteiger partial charge is 0.204 e. The van der Waals surface area contributed by atoms with Crippen molar-refractivity contribution in [1.82, 2.24) is 0 Å². The van der Waals surface area contributed by atoms with Gasteiger partial charge in [0.2, 0.25) is 0 Å². The number of hydrogen-bond acceptors (Lipinski definition) is 0. The van der Waals surface area contributed by atoms with Crippen LogP contribution in [0.5, 0.6) is 0 Å². The van der Waals surface area contributed by atoms with Crippen molar-refractivity contribution in [3.8, 4) is 0 Å². The highest BCUT2D eigenvalue weighted by Gasteiger charge is 2.24. The van der Waals surface area contributed by atoms with Crippen LogP contribution in [0.25, 0.3) is 0 Å². The summed E-state index contributed by atoms with van der Waals surface area (Å²) in [5.74, 6) is 2.31. The lowest BCUT2D eigenvalue weighted by Crippen LogP contribution is -2.18. The van der Waals surface area contributed by atoms with Crippen molar-refractivity contribution < 1.29 is 8.78 Å². The molecule has 0 bridgehead atoms. The van der Waals surface area contributed by atoms with Crippen LogP contribution in [-0.4, -0.2) is 0 Å². The lowest BCUT2D eigenvalue weighted by molar-refractivity contribution is 0.208. The van der Waals surface area contributed by atoms with Crippen molar-refractivity contribution in [2.24, 2.45) is 23.7 Å². The fraction of sp³-hybridized carbons (Fsp3) is 0.778. The van der Waals surface area contributed by atoms with Crippen molar-refractivity contribution in [3.63, 3.8) is 0 Å². The summed E-state index contributed by atoms with van der Waals surface area (Å²) in [5, 5.41) is 0. The fourth-order valence-electron chi connectivity index (χ4n) is 5.84. The van der Waals surface area contributed by atoms with E-state index in [1.807, 2.05) is 0 Å². The van der Waals surface area contributed by atoms with Gasteiger partial charge in [-0.3, -0.25) is 0 Å². The number of aryl methyl sites for hydroxylation is 1. The predicted molar refractivity (Wildman–Crippen MR) is 119 cm³/mol. The monoisotopic (exact) mass is 404 g/mol. The summed E-state index contributed by atoms with van der Waals surface area (Å²) >= 11 is 0. The van der Waals surface area contributed by atoms with E-state index in [2.05, 4.69) is 6.92 Å². The van der Waals surface area contributed by atoms with Gasteiger partial charge < -0.3 is 0 Å². The van der Waals surface area contributed by atoms with Crippen molar-refractivity contribution >= 4 is 0 Å². The molecule has 0 heterocycles. The van der Waals surface area contributed by atoms with E-state index in [0.29, 0.717) is 0 Å². The van der Waals surface area contributed by atoms with Crippen LogP contribution in [0, 0.1) is 35.3 Å². The Kier molecular flexibility index (Phi) is 9.46. The normalized spacial score (nSPS) is 27.8. The van der Waals surface area contributed by atoms with Crippen LogP contribution in [0.4, 0.5) is 8.78 Å². The van der Waals surface area contributed by atoms with Gasteiger partial charge in [-0.25, -0.2) is 8.78 Å². The van der Waals surface area contributed by atoms with Crippen molar-refractivity contribution in [3.05, 3.63) is 35.4 Å². The Morgan fingerprint density at radius 3 is 1.69 bits per heavy atom. The summed E-state index contributed by atoms with van der Waals surface area (Å²) in [4.78, 5) is 0. The second kappa shape index (κ2) is 12.1. The summed E-state index contributed by atoms with van der Waals surface area (Å²) in [5.41, 5.74) is 0.941. The molecule has 0 radical (unpaired) electrons. The molecular formula is C27H42F2. The standard InChI is InChI=1S/C27H42F2/c1-2-3-4-5-21-6-8-22(9-7-21)10-11-23-12-14-24(15-13-23)16-17-25-18-19-26(28)27(29)20-25/h18-24H,2-17H2,1H3. The molecule has 2 saturated carbocycles. The summed E-state index contributed by atoms with van der Waals surface area (Å²) in [6.45, 7) is 2.30. The van der Waals surface area contributed by atoms with Gasteiger partial charge >= 0.3 is 0 Å². The SMILES string of the molecule is CCCCCC1CCC(CCC2CCC(CCc3ccc(F)c(F)c3)CC2)CC1. The Morgan fingerprint density at radius 1 is 0.655 bits per heavy atom. The molecule has 0 saturated heterocycles. The summed E-state index contributed by atoms with van der Waals surface area (Å²) in [6.07, 6.45) is 22.0. The van der Waals surface area contributed by atoms with Crippen LogP contribution in [0.15, 0.2) is 18.2 Å². The zero-order valence-electron chi connectivity index (χ0n) is 18.6. The predicted octanol–water partition coefficient (Wildman–Crippen LogP) is 8.87. The topological polar surface area (TPSA) is 0 Å². The highest BCUT2D eigenvalue weighted by atomic mass is 19.2. The molecule has 29 heavy (non-hydrogen) atoms. The highest BCUT2D eigenvalue weighted by Crippen LogP contribution is 2.38. The van der Waals surface area contributed by atoms with Gasteiger partial charge in [-0.15, -0.1) is 0 Å². The molecule has 0 aliphatic heterocycles. The summed E-state index contributed by atoms with van der Waals surface area (Å²) < 4.78 is 26.4. The average Bonchev–Trinajstić information content (AvgIpc) is 2.75. The third-order valence-electron chi connectivity index (χ3n) is 7.96. The maximum absolute atomic E-state index is 13.4. The third-order valence-corrected chi connectivity index (χ3v) is 7.96. The van der Waals surface area contributed by atoms with Crippen LogP contribution in [0.3, 0.4) is 0 Å². The molecule has 1 aromatic rings. The van der Waals surface area contributed by atoms with Crippen LogP contribution >= 0.6 is 0 Å². The third kappa shape index (κ3) is 7.68. The van der Waals surface area contributed by atoms with Gasteiger partial charge in [0.1, 0.15) is 0 Å². The van der Waals surface area contributed by atoms with E-state index in [9.17, 15) is 8.78 Å². The van der Waals surface area contributed by atoms with Crippen LogP contribution in [-0.2, 0) is 6.42 Å². The second-order valence-electron chi connectivity index (χ2n) is 10.1. The molecule has 0 atom stereocenters. The molecule has 2 aliphatic carbocycles. The molecule has 2 fully saturated rings. The minimum Gasteiger partial charge on any atom is -0.204 e. The maximum Gasteiger partial charge on any atom is 0.159 e. The van der Waals surface area contributed by atoms with Crippen molar-refractivity contribution in [1.29, 1.82) is 0 Å². The number of benzene rings is 1. The Labute approximate surface area is 177 Å². The molecule has 0 aromatic heterocycles. The van der Waals surface area contributed by atoms with Crippen LogP contribution in [0.2, 0.25) is 0 Å². The molecule has 0 amide bonds. The molecule has 0 N–H and O–H groups in total. The first kappa shape index (κ1) is 22.8. The van der Waals surface area contributed by atoms with Crippen molar-refractivity contribution in [2.75, 3.05) is 0 Å². The molecule has 164 valence electrons. The molecule has 0 unspecified atom stereocenters. The molecule has 1 aromatic carbocycles. The van der Waals surface area contributed by atoms with E-state index in [1.54, 1.807) is 6.07 Å². The van der Waals surface area contributed by atoms with Gasteiger partial charge in [-0.2, -0.15) is 0 Å². The van der Waals surface area contributed by atoms with Gasteiger partial charge in [-0.1, -0.05) is 103 Å². The van der Waals surface area contributed by atoms with Gasteiger partial charge in [0.25, 0.3) is 0 Å². The Hall–Kier alpha value is -0.920. The zero-order valence-corrected chi connectivity index (χ0v) is 18.6. The van der Waals surface area contributed by atoms with Gasteiger partial charge in [0, 0.05) is 0 Å². The molecule has 2 heteroatoms. The highest BCUT2D eigenvalue weighted by molar-refractivity contribution is 5.17. The number of unbranched alkanes of at least 4 members (excludes halogenated alkanes) is 2. The van der Waals surface area contributed by atoms with Gasteiger partial charge in [0.05, 0.1) is 0 Å². The Balaban J connectivity index is 1.26. The Bertz CT molecular complexity index is 580. The Morgan fingerprint density at radius 2 is 1.17 bits per heavy atom. The van der Waals surface area contributed by atoms with Crippen molar-refractivity contribution in [2.45, 2.75) is 110 Å². The van der Waals surface area contributed by atoms with Gasteiger partial charge in [0.15, 0.2) is 11.6 Å². The van der Waals surface area contributed by atoms with E-state index in [1.165, 1.54) is 102 Å². The lowest BCUT2D eigenvalue weighted by Gasteiger charge is -2.32. The van der Waals surface area contributed by atoms with E-state index in [0.717, 1.165) is 42.1 Å². The molecule has 0 nitrogen and oxygen atoms in total. The van der Waals surface area contributed by atoms with Crippen LogP contribution in [0.1, 0.15) is 109 Å². The van der Waals surface area contributed by atoms with E-state index in [4.69, 9.17) is 0 Å². The average molecular weight is 405 g/mol. The molecule has 2 aliphatic rings. The number of hydrogen-bond donors (Lipinski definition) is 0. The molecular weight excluding hydrogens is 362 g/mol. The lowest BCUT2D eigenvalue weighted by atomic mass is 9.74. The fourth-order valence-corrected chi connectivity index (χ4v) is 5.84. The van der Waals surface area contributed by atoms with Crippen LogP contribution < -0.4 is 0 Å². The number of rotatable bonds is 10. The molecule has 3 rings (SSSR count). The minimum absolute atomic E-state index is 0.707. The van der Waals surface area contributed by atoms with E-state index in [-0.39, 0.29) is 0 Å². The van der Waals surface area contributed by atoms with E-state index < -0.39 is 11.6 Å². The summed E-state index contributed by atoms with van der Waals surface area (Å²) in [6, 6.07) is 4.38. The quantitative estimate of drug-likeness (QED) is 0.342. The first-order valence-corrected chi connectivity index (χ1v) is 12.6. The zero-order chi connectivity index (χ0) is 20.5. The van der Waals surface area contributed by atoms with E-state index >= 15 is 0 Å². The van der Waals surface area contributed by atoms with Gasteiger partial charge in [-0.05, 0) is 54.2 Å². The molecule has 0 spiro atoms. The smallest absolute Gasteiger partial charge is 0.159 e. The minimum atomic E-state index is -0.737.